The first-order chi connectivity index (χ1) is 7.27. The van der Waals surface area contributed by atoms with Gasteiger partial charge in [0.05, 0.1) is 12.2 Å². The molecule has 0 bridgehead atoms. The Labute approximate surface area is 87.8 Å². The standard InChI is InChI=1S/C11H13FO3/c1-2-14-5-6-15-10-4-3-9(8-13)11(12)7-10/h3-4,7-8H,2,5-6H2,1H3. The number of halogens is 1. The van der Waals surface area contributed by atoms with Crippen LogP contribution in [0.3, 0.4) is 0 Å². The van der Waals surface area contributed by atoms with Gasteiger partial charge < -0.3 is 9.47 Å². The third-order valence-corrected chi connectivity index (χ3v) is 1.80. The van der Waals surface area contributed by atoms with Crippen LogP contribution in [-0.4, -0.2) is 26.1 Å². The molecule has 0 fully saturated rings. The van der Waals surface area contributed by atoms with Gasteiger partial charge in [-0.3, -0.25) is 4.79 Å². The smallest absolute Gasteiger partial charge is 0.152 e. The Morgan fingerprint density at radius 1 is 1.40 bits per heavy atom. The van der Waals surface area contributed by atoms with Crippen LogP contribution in [0.4, 0.5) is 4.39 Å². The van der Waals surface area contributed by atoms with Crippen molar-refractivity contribution < 1.29 is 18.7 Å². The number of carbonyl (C=O) groups is 1. The quantitative estimate of drug-likeness (QED) is 0.534. The molecule has 0 aliphatic carbocycles. The van der Waals surface area contributed by atoms with E-state index in [0.29, 0.717) is 31.9 Å². The van der Waals surface area contributed by atoms with Gasteiger partial charge in [0.2, 0.25) is 0 Å². The third-order valence-electron chi connectivity index (χ3n) is 1.80. The first kappa shape index (κ1) is 11.7. The molecular formula is C11H13FO3. The predicted octanol–water partition coefficient (Wildman–Crippen LogP) is 2.05. The van der Waals surface area contributed by atoms with Gasteiger partial charge in [-0.2, -0.15) is 0 Å². The number of hydrogen-bond donors (Lipinski definition) is 0. The molecule has 0 N–H and O–H groups in total. The zero-order valence-corrected chi connectivity index (χ0v) is 8.53. The molecule has 3 nitrogen and oxygen atoms in total. The lowest BCUT2D eigenvalue weighted by Gasteiger charge is -2.06. The molecule has 0 spiro atoms. The van der Waals surface area contributed by atoms with E-state index in [9.17, 15) is 9.18 Å². The van der Waals surface area contributed by atoms with E-state index in [1.54, 1.807) is 6.07 Å². The molecule has 1 rings (SSSR count). The Morgan fingerprint density at radius 2 is 2.20 bits per heavy atom. The number of hydrogen-bond acceptors (Lipinski definition) is 3. The normalized spacial score (nSPS) is 10.0. The van der Waals surface area contributed by atoms with Crippen LogP contribution in [0.25, 0.3) is 0 Å². The van der Waals surface area contributed by atoms with Gasteiger partial charge >= 0.3 is 0 Å². The summed E-state index contributed by atoms with van der Waals surface area (Å²) in [7, 11) is 0. The zero-order chi connectivity index (χ0) is 11.1. The van der Waals surface area contributed by atoms with Gasteiger partial charge in [0.15, 0.2) is 6.29 Å². The Kier molecular flexibility index (Phi) is 4.77. The van der Waals surface area contributed by atoms with Crippen molar-refractivity contribution in [2.75, 3.05) is 19.8 Å². The highest BCUT2D eigenvalue weighted by Gasteiger charge is 2.02. The van der Waals surface area contributed by atoms with Gasteiger partial charge in [-0.05, 0) is 19.1 Å². The summed E-state index contributed by atoms with van der Waals surface area (Å²) in [6.45, 7) is 3.35. The molecule has 0 heterocycles. The fourth-order valence-corrected chi connectivity index (χ4v) is 1.06. The lowest BCUT2D eigenvalue weighted by atomic mass is 10.2. The Hall–Kier alpha value is -1.42. The zero-order valence-electron chi connectivity index (χ0n) is 8.53. The van der Waals surface area contributed by atoms with E-state index in [4.69, 9.17) is 9.47 Å². The molecular weight excluding hydrogens is 199 g/mol. The highest BCUT2D eigenvalue weighted by atomic mass is 19.1. The van der Waals surface area contributed by atoms with Gasteiger partial charge in [-0.15, -0.1) is 0 Å². The predicted molar refractivity (Wildman–Crippen MR) is 53.8 cm³/mol. The van der Waals surface area contributed by atoms with Crippen LogP contribution in [0.1, 0.15) is 17.3 Å². The third kappa shape index (κ3) is 3.67. The molecule has 1 aromatic rings. The maximum absolute atomic E-state index is 13.1. The molecule has 82 valence electrons. The first-order valence-electron chi connectivity index (χ1n) is 4.73. The van der Waals surface area contributed by atoms with E-state index in [1.807, 2.05) is 6.92 Å². The molecule has 0 aliphatic heterocycles. The van der Waals surface area contributed by atoms with E-state index in [0.717, 1.165) is 0 Å². The van der Waals surface area contributed by atoms with Crippen molar-refractivity contribution in [3.05, 3.63) is 29.6 Å². The molecule has 0 atom stereocenters. The molecule has 1 aromatic carbocycles. The molecule has 0 saturated heterocycles. The van der Waals surface area contributed by atoms with Crippen LogP contribution in [0.15, 0.2) is 18.2 Å². The molecule has 4 heteroatoms. The molecule has 0 saturated carbocycles. The van der Waals surface area contributed by atoms with Gasteiger partial charge in [0, 0.05) is 12.7 Å². The second-order valence-electron chi connectivity index (χ2n) is 2.85. The summed E-state index contributed by atoms with van der Waals surface area (Å²) < 4.78 is 23.3. The van der Waals surface area contributed by atoms with Crippen molar-refractivity contribution in [3.63, 3.8) is 0 Å². The molecule has 0 aromatic heterocycles. The van der Waals surface area contributed by atoms with E-state index in [-0.39, 0.29) is 5.56 Å². The van der Waals surface area contributed by atoms with Crippen LogP contribution < -0.4 is 4.74 Å². The number of ether oxygens (including phenoxy) is 2. The van der Waals surface area contributed by atoms with Crippen LogP contribution >= 0.6 is 0 Å². The second kappa shape index (κ2) is 6.14. The van der Waals surface area contributed by atoms with Crippen LogP contribution in [0.2, 0.25) is 0 Å². The van der Waals surface area contributed by atoms with Crippen molar-refractivity contribution in [2.45, 2.75) is 6.92 Å². The summed E-state index contributed by atoms with van der Waals surface area (Å²) in [5.74, 6) is -0.170. The molecule has 15 heavy (non-hydrogen) atoms. The summed E-state index contributed by atoms with van der Waals surface area (Å²) in [6, 6.07) is 4.13. The Bertz CT molecular complexity index is 326. The number of carbonyl (C=O) groups excluding carboxylic acids is 1. The first-order valence-corrected chi connectivity index (χ1v) is 4.73. The fourth-order valence-electron chi connectivity index (χ4n) is 1.06. The Balaban J connectivity index is 2.48. The second-order valence-corrected chi connectivity index (χ2v) is 2.85. The average Bonchev–Trinajstić information content (AvgIpc) is 2.25. The Morgan fingerprint density at radius 3 is 2.80 bits per heavy atom. The van der Waals surface area contributed by atoms with Crippen LogP contribution in [0.5, 0.6) is 5.75 Å². The molecule has 0 aliphatic rings. The van der Waals surface area contributed by atoms with Crippen molar-refractivity contribution >= 4 is 6.29 Å². The highest BCUT2D eigenvalue weighted by Crippen LogP contribution is 2.15. The minimum absolute atomic E-state index is 0.0344. The van der Waals surface area contributed by atoms with E-state index >= 15 is 0 Å². The number of rotatable bonds is 6. The minimum atomic E-state index is -0.570. The van der Waals surface area contributed by atoms with Crippen molar-refractivity contribution in [1.82, 2.24) is 0 Å². The van der Waals surface area contributed by atoms with Crippen LogP contribution in [-0.2, 0) is 4.74 Å². The fraction of sp³-hybridized carbons (Fsp3) is 0.364. The van der Waals surface area contributed by atoms with Gasteiger partial charge in [0.25, 0.3) is 0 Å². The summed E-state index contributed by atoms with van der Waals surface area (Å²) in [6.07, 6.45) is 0.472. The van der Waals surface area contributed by atoms with Crippen molar-refractivity contribution in [3.8, 4) is 5.75 Å². The SMILES string of the molecule is CCOCCOc1ccc(C=O)c(F)c1. The number of benzene rings is 1. The lowest BCUT2D eigenvalue weighted by Crippen LogP contribution is -2.06. The number of aldehydes is 1. The molecule has 0 radical (unpaired) electrons. The maximum Gasteiger partial charge on any atom is 0.152 e. The summed E-state index contributed by atoms with van der Waals surface area (Å²) in [4.78, 5) is 10.3. The summed E-state index contributed by atoms with van der Waals surface area (Å²) in [5.41, 5.74) is 0.0344. The average molecular weight is 212 g/mol. The molecule has 0 unspecified atom stereocenters. The van der Waals surface area contributed by atoms with E-state index in [1.165, 1.54) is 12.1 Å². The minimum Gasteiger partial charge on any atom is -0.491 e. The van der Waals surface area contributed by atoms with Gasteiger partial charge in [-0.1, -0.05) is 0 Å². The van der Waals surface area contributed by atoms with Crippen molar-refractivity contribution in [2.24, 2.45) is 0 Å². The maximum atomic E-state index is 13.1. The summed E-state index contributed by atoms with van der Waals surface area (Å²) >= 11 is 0. The topological polar surface area (TPSA) is 35.5 Å². The molecule has 0 amide bonds. The van der Waals surface area contributed by atoms with E-state index < -0.39 is 5.82 Å². The lowest BCUT2D eigenvalue weighted by molar-refractivity contribution is 0.109. The monoisotopic (exact) mass is 212 g/mol. The van der Waals surface area contributed by atoms with E-state index in [2.05, 4.69) is 0 Å². The summed E-state index contributed by atoms with van der Waals surface area (Å²) in [5, 5.41) is 0. The van der Waals surface area contributed by atoms with Crippen LogP contribution in [0, 0.1) is 5.82 Å². The van der Waals surface area contributed by atoms with Gasteiger partial charge in [-0.25, -0.2) is 4.39 Å². The van der Waals surface area contributed by atoms with Crippen molar-refractivity contribution in [1.29, 1.82) is 0 Å². The van der Waals surface area contributed by atoms with Gasteiger partial charge in [0.1, 0.15) is 18.2 Å². The highest BCUT2D eigenvalue weighted by molar-refractivity contribution is 5.75. The largest absolute Gasteiger partial charge is 0.491 e.